The van der Waals surface area contributed by atoms with Crippen molar-refractivity contribution in [1.82, 2.24) is 0 Å². The SMILES string of the molecule is C1=CCCC[CH]([Ni][CH]2C=CC=CCCC2)C=C1. The topological polar surface area (TPSA) is 0 Å². The number of rotatable bonds is 2. The van der Waals surface area contributed by atoms with Crippen molar-refractivity contribution >= 4 is 0 Å². The van der Waals surface area contributed by atoms with Gasteiger partial charge in [-0.05, 0) is 0 Å². The first-order valence-corrected chi connectivity index (χ1v) is 7.81. The van der Waals surface area contributed by atoms with E-state index in [1.54, 1.807) is 0 Å². The van der Waals surface area contributed by atoms with E-state index in [9.17, 15) is 0 Å². The summed E-state index contributed by atoms with van der Waals surface area (Å²) >= 11 is 1.94. The molecule has 2 rings (SSSR count). The van der Waals surface area contributed by atoms with Crippen molar-refractivity contribution in [3.05, 3.63) is 48.6 Å². The molecule has 0 fully saturated rings. The molecular weight excluding hydrogens is 251 g/mol. The first-order chi connectivity index (χ1) is 8.45. The maximum absolute atomic E-state index is 2.39. The van der Waals surface area contributed by atoms with Crippen LogP contribution in [0.2, 0.25) is 9.78 Å². The van der Waals surface area contributed by atoms with Crippen molar-refractivity contribution in [2.45, 2.75) is 48.3 Å². The molecule has 17 heavy (non-hydrogen) atoms. The molecule has 0 radical (unpaired) electrons. The fraction of sp³-hybridized carbons (Fsp3) is 0.500. The molecular formula is C16H22Ni. The molecule has 0 bridgehead atoms. The van der Waals surface area contributed by atoms with Gasteiger partial charge in [-0.25, -0.2) is 0 Å². The van der Waals surface area contributed by atoms with Crippen LogP contribution in [0, 0.1) is 0 Å². The van der Waals surface area contributed by atoms with Crippen LogP contribution in [0.4, 0.5) is 0 Å². The molecule has 0 spiro atoms. The second-order valence-corrected chi connectivity index (χ2v) is 6.33. The summed E-state index contributed by atoms with van der Waals surface area (Å²) in [6, 6.07) is 0. The molecule has 0 amide bonds. The zero-order valence-corrected chi connectivity index (χ0v) is 11.3. The Kier molecular flexibility index (Phi) is 5.86. The molecule has 0 aromatic rings. The summed E-state index contributed by atoms with van der Waals surface area (Å²) in [5.41, 5.74) is 0. The first kappa shape index (κ1) is 12.9. The Morgan fingerprint density at radius 1 is 0.706 bits per heavy atom. The molecule has 1 heteroatoms. The normalized spacial score (nSPS) is 29.6. The van der Waals surface area contributed by atoms with Gasteiger partial charge < -0.3 is 0 Å². The van der Waals surface area contributed by atoms with E-state index >= 15 is 0 Å². The minimum atomic E-state index is 0.727. The third-order valence-corrected chi connectivity index (χ3v) is 4.84. The van der Waals surface area contributed by atoms with Gasteiger partial charge >= 0.3 is 111 Å². The van der Waals surface area contributed by atoms with Crippen LogP contribution in [0.5, 0.6) is 0 Å². The maximum atomic E-state index is 2.39. The predicted octanol–water partition coefficient (Wildman–Crippen LogP) is 5.24. The standard InChI is InChI=1S/2C8H11.Ni/c2*1-2-4-6-8-7-5-3-1;/h2*1-5H,6-8H2;. The van der Waals surface area contributed by atoms with Crippen molar-refractivity contribution in [2.24, 2.45) is 0 Å². The summed E-state index contributed by atoms with van der Waals surface area (Å²) in [5.74, 6) is 0. The molecule has 0 heterocycles. The van der Waals surface area contributed by atoms with Gasteiger partial charge in [0.2, 0.25) is 0 Å². The predicted molar refractivity (Wildman–Crippen MR) is 71.8 cm³/mol. The van der Waals surface area contributed by atoms with Gasteiger partial charge in [0.25, 0.3) is 0 Å². The molecule has 2 aliphatic carbocycles. The van der Waals surface area contributed by atoms with Gasteiger partial charge in [-0.15, -0.1) is 0 Å². The number of hydrogen-bond donors (Lipinski definition) is 0. The second kappa shape index (κ2) is 7.72. The van der Waals surface area contributed by atoms with Gasteiger partial charge in [0.1, 0.15) is 0 Å². The van der Waals surface area contributed by atoms with E-state index < -0.39 is 0 Å². The van der Waals surface area contributed by atoms with E-state index in [0.717, 1.165) is 9.78 Å². The van der Waals surface area contributed by atoms with Gasteiger partial charge in [0.05, 0.1) is 0 Å². The fourth-order valence-corrected chi connectivity index (χ4v) is 3.80. The van der Waals surface area contributed by atoms with Crippen LogP contribution in [0.15, 0.2) is 48.6 Å². The summed E-state index contributed by atoms with van der Waals surface area (Å²) in [7, 11) is 0. The number of hydrogen-bond acceptors (Lipinski definition) is 0. The zero-order chi connectivity index (χ0) is 11.8. The Hall–Kier alpha value is -0.546. The molecule has 2 atom stereocenters. The monoisotopic (exact) mass is 272 g/mol. The van der Waals surface area contributed by atoms with Crippen LogP contribution in [-0.4, -0.2) is 0 Å². The van der Waals surface area contributed by atoms with Crippen LogP contribution in [-0.2, 0) is 14.4 Å². The fourth-order valence-electron chi connectivity index (χ4n) is 2.08. The van der Waals surface area contributed by atoms with Crippen LogP contribution < -0.4 is 0 Å². The van der Waals surface area contributed by atoms with E-state index in [2.05, 4.69) is 48.6 Å². The zero-order valence-electron chi connectivity index (χ0n) is 10.3. The summed E-state index contributed by atoms with van der Waals surface area (Å²) in [4.78, 5) is 1.45. The molecule has 2 aliphatic rings. The van der Waals surface area contributed by atoms with E-state index in [4.69, 9.17) is 0 Å². The summed E-state index contributed by atoms with van der Waals surface area (Å²) in [5, 5.41) is 0. The van der Waals surface area contributed by atoms with Crippen LogP contribution in [0.3, 0.4) is 0 Å². The van der Waals surface area contributed by atoms with Gasteiger partial charge in [-0.2, -0.15) is 0 Å². The van der Waals surface area contributed by atoms with Crippen molar-refractivity contribution in [2.75, 3.05) is 0 Å². The minimum absolute atomic E-state index is 0.727. The van der Waals surface area contributed by atoms with Crippen LogP contribution >= 0.6 is 0 Å². The van der Waals surface area contributed by atoms with Gasteiger partial charge in [0, 0.05) is 0 Å². The Labute approximate surface area is 111 Å². The Morgan fingerprint density at radius 2 is 1.24 bits per heavy atom. The Bertz CT molecular complexity index is 290. The molecule has 0 aliphatic heterocycles. The summed E-state index contributed by atoms with van der Waals surface area (Å²) in [6.45, 7) is 0. The molecule has 0 aromatic heterocycles. The number of allylic oxidation sites excluding steroid dienone is 8. The third-order valence-electron chi connectivity index (χ3n) is 3.05. The third kappa shape index (κ3) is 5.08. The average molecular weight is 273 g/mol. The molecule has 0 N–H and O–H groups in total. The van der Waals surface area contributed by atoms with E-state index in [-0.39, 0.29) is 0 Å². The molecule has 96 valence electrons. The van der Waals surface area contributed by atoms with Crippen molar-refractivity contribution < 1.29 is 14.4 Å². The van der Waals surface area contributed by atoms with Crippen molar-refractivity contribution in [3.63, 3.8) is 0 Å². The summed E-state index contributed by atoms with van der Waals surface area (Å²) < 4.78 is 0. The van der Waals surface area contributed by atoms with E-state index in [0.29, 0.717) is 0 Å². The molecule has 0 saturated carbocycles. The summed E-state index contributed by atoms with van der Waals surface area (Å²) in [6.07, 6.45) is 26.0. The molecule has 0 saturated heterocycles. The Morgan fingerprint density at radius 3 is 1.76 bits per heavy atom. The molecule has 0 aromatic carbocycles. The average Bonchev–Trinajstić information content (AvgIpc) is 2.24. The molecule has 0 nitrogen and oxygen atoms in total. The van der Waals surface area contributed by atoms with Crippen molar-refractivity contribution in [1.29, 1.82) is 0 Å². The molecule has 2 unspecified atom stereocenters. The quantitative estimate of drug-likeness (QED) is 0.603. The van der Waals surface area contributed by atoms with Crippen LogP contribution in [0.25, 0.3) is 0 Å². The van der Waals surface area contributed by atoms with Gasteiger partial charge in [-0.3, -0.25) is 0 Å². The Balaban J connectivity index is 1.89. The van der Waals surface area contributed by atoms with Gasteiger partial charge in [-0.1, -0.05) is 0 Å². The van der Waals surface area contributed by atoms with E-state index in [1.807, 2.05) is 14.4 Å². The second-order valence-electron chi connectivity index (χ2n) is 4.53. The van der Waals surface area contributed by atoms with E-state index in [1.165, 1.54) is 38.5 Å². The van der Waals surface area contributed by atoms with Crippen LogP contribution in [0.1, 0.15) is 38.5 Å². The first-order valence-electron chi connectivity index (χ1n) is 6.66. The van der Waals surface area contributed by atoms with Gasteiger partial charge in [0.15, 0.2) is 0 Å². The van der Waals surface area contributed by atoms with Crippen molar-refractivity contribution in [3.8, 4) is 0 Å².